The summed E-state index contributed by atoms with van der Waals surface area (Å²) in [5.74, 6) is -0.384. The average Bonchev–Trinajstić information content (AvgIpc) is 2.52. The number of aromatic nitrogens is 2. The van der Waals surface area contributed by atoms with Gasteiger partial charge in [0.2, 0.25) is 5.95 Å². The molecule has 0 aliphatic carbocycles. The van der Waals surface area contributed by atoms with Crippen LogP contribution in [-0.4, -0.2) is 47.1 Å². The summed E-state index contributed by atoms with van der Waals surface area (Å²) < 4.78 is 17.9. The molecule has 1 aromatic rings. The van der Waals surface area contributed by atoms with E-state index in [0.717, 1.165) is 38.3 Å². The molecule has 0 bridgehead atoms. The van der Waals surface area contributed by atoms with Crippen LogP contribution in [0.25, 0.3) is 0 Å². The highest BCUT2D eigenvalue weighted by Crippen LogP contribution is 2.20. The van der Waals surface area contributed by atoms with Gasteiger partial charge in [-0.05, 0) is 32.6 Å². The van der Waals surface area contributed by atoms with E-state index in [9.17, 15) is 14.0 Å². The number of ether oxygens (including phenoxy) is 1. The topological polar surface area (TPSA) is 84.4 Å². The van der Waals surface area contributed by atoms with E-state index in [2.05, 4.69) is 15.3 Å². The number of nitrogens with one attached hydrogen (secondary N) is 1. The summed E-state index contributed by atoms with van der Waals surface area (Å²) in [6, 6.07) is 0. The van der Waals surface area contributed by atoms with Crippen molar-refractivity contribution in [3.8, 4) is 0 Å². The van der Waals surface area contributed by atoms with Gasteiger partial charge in [0, 0.05) is 26.6 Å². The Morgan fingerprint density at radius 2 is 1.92 bits per heavy atom. The number of carbonyl (C=O) groups is 2. The summed E-state index contributed by atoms with van der Waals surface area (Å²) in [5.41, 5.74) is -1.17. The second-order valence-corrected chi connectivity index (χ2v) is 6.45. The van der Waals surface area contributed by atoms with E-state index < -0.39 is 17.4 Å². The average molecular weight is 338 g/mol. The van der Waals surface area contributed by atoms with Gasteiger partial charge in [0.25, 0.3) is 5.91 Å². The SMILES string of the molecule is CC(=O)OC(C)(C)C(=O)NCC1CCN(c2ncc(F)cn2)CC1. The zero-order valence-electron chi connectivity index (χ0n) is 14.2. The van der Waals surface area contributed by atoms with E-state index in [4.69, 9.17) is 4.74 Å². The Kier molecular flexibility index (Phi) is 5.69. The number of carbonyl (C=O) groups excluding carboxylic acids is 2. The van der Waals surface area contributed by atoms with E-state index >= 15 is 0 Å². The van der Waals surface area contributed by atoms with Crippen molar-refractivity contribution in [3.05, 3.63) is 18.2 Å². The van der Waals surface area contributed by atoms with Crippen molar-refractivity contribution >= 4 is 17.8 Å². The Bertz CT molecular complexity index is 583. The Morgan fingerprint density at radius 1 is 1.33 bits per heavy atom. The van der Waals surface area contributed by atoms with Crippen molar-refractivity contribution in [1.29, 1.82) is 0 Å². The molecule has 1 aliphatic heterocycles. The van der Waals surface area contributed by atoms with Crippen LogP contribution in [0.3, 0.4) is 0 Å². The minimum absolute atomic E-state index is 0.304. The molecular weight excluding hydrogens is 315 g/mol. The van der Waals surface area contributed by atoms with E-state index in [1.807, 2.05) is 4.90 Å². The van der Waals surface area contributed by atoms with Crippen LogP contribution in [0.15, 0.2) is 12.4 Å². The first-order valence-electron chi connectivity index (χ1n) is 7.98. The Hall–Kier alpha value is -2.25. The summed E-state index contributed by atoms with van der Waals surface area (Å²) in [7, 11) is 0. The predicted molar refractivity (Wildman–Crippen MR) is 85.8 cm³/mol. The standard InChI is InChI=1S/C16H23FN4O3/c1-11(22)24-16(2,3)14(23)18-8-12-4-6-21(7-5-12)15-19-9-13(17)10-20-15/h9-10,12H,4-8H2,1-3H3,(H,18,23). The maximum Gasteiger partial charge on any atom is 0.303 e. The number of amides is 1. The lowest BCUT2D eigenvalue weighted by Gasteiger charge is -2.32. The van der Waals surface area contributed by atoms with Crippen molar-refractivity contribution in [2.45, 2.75) is 39.2 Å². The normalized spacial score (nSPS) is 15.9. The number of hydrogen-bond donors (Lipinski definition) is 1. The predicted octanol–water partition coefficient (Wildman–Crippen LogP) is 1.29. The van der Waals surface area contributed by atoms with Gasteiger partial charge in [-0.2, -0.15) is 0 Å². The van der Waals surface area contributed by atoms with Gasteiger partial charge in [-0.25, -0.2) is 14.4 Å². The summed E-state index contributed by atoms with van der Waals surface area (Å²) in [6.07, 6.45) is 4.06. The fourth-order valence-electron chi connectivity index (χ4n) is 2.66. The summed E-state index contributed by atoms with van der Waals surface area (Å²) >= 11 is 0. The molecule has 2 heterocycles. The van der Waals surface area contributed by atoms with Crippen LogP contribution in [0, 0.1) is 11.7 Å². The Balaban J connectivity index is 1.78. The van der Waals surface area contributed by atoms with Crippen molar-refractivity contribution in [3.63, 3.8) is 0 Å². The van der Waals surface area contributed by atoms with Crippen LogP contribution in [0.2, 0.25) is 0 Å². The van der Waals surface area contributed by atoms with Gasteiger partial charge in [0.15, 0.2) is 11.4 Å². The van der Waals surface area contributed by atoms with Crippen LogP contribution in [0.4, 0.5) is 10.3 Å². The lowest BCUT2D eigenvalue weighted by molar-refractivity contribution is -0.163. The molecule has 7 nitrogen and oxygen atoms in total. The van der Waals surface area contributed by atoms with Crippen LogP contribution >= 0.6 is 0 Å². The molecule has 0 aromatic carbocycles. The monoisotopic (exact) mass is 338 g/mol. The first kappa shape index (κ1) is 18.1. The highest BCUT2D eigenvalue weighted by Gasteiger charge is 2.31. The smallest absolute Gasteiger partial charge is 0.303 e. The molecule has 1 fully saturated rings. The number of esters is 1. The quantitative estimate of drug-likeness (QED) is 0.815. The lowest BCUT2D eigenvalue weighted by atomic mass is 9.96. The van der Waals surface area contributed by atoms with Gasteiger partial charge >= 0.3 is 5.97 Å². The first-order chi connectivity index (χ1) is 11.3. The fourth-order valence-corrected chi connectivity index (χ4v) is 2.66. The molecule has 1 amide bonds. The van der Waals surface area contributed by atoms with Crippen molar-refractivity contribution in [2.24, 2.45) is 5.92 Å². The molecule has 24 heavy (non-hydrogen) atoms. The lowest BCUT2D eigenvalue weighted by Crippen LogP contribution is -2.47. The molecule has 0 unspecified atom stereocenters. The molecule has 0 spiro atoms. The van der Waals surface area contributed by atoms with Crippen LogP contribution in [0.1, 0.15) is 33.6 Å². The van der Waals surface area contributed by atoms with Gasteiger partial charge in [-0.3, -0.25) is 9.59 Å². The summed E-state index contributed by atoms with van der Waals surface area (Å²) in [6.45, 7) is 6.44. The molecular formula is C16H23FN4O3. The third-order valence-corrected chi connectivity index (χ3v) is 4.00. The second-order valence-electron chi connectivity index (χ2n) is 6.45. The van der Waals surface area contributed by atoms with E-state index in [0.29, 0.717) is 18.4 Å². The van der Waals surface area contributed by atoms with Gasteiger partial charge in [-0.15, -0.1) is 0 Å². The molecule has 1 aromatic heterocycles. The minimum Gasteiger partial charge on any atom is -0.450 e. The third-order valence-electron chi connectivity index (χ3n) is 4.00. The summed E-state index contributed by atoms with van der Waals surface area (Å²) in [5, 5.41) is 2.84. The van der Waals surface area contributed by atoms with Crippen LogP contribution in [0.5, 0.6) is 0 Å². The largest absolute Gasteiger partial charge is 0.450 e. The van der Waals surface area contributed by atoms with Crippen LogP contribution < -0.4 is 10.2 Å². The Labute approximate surface area is 140 Å². The van der Waals surface area contributed by atoms with Crippen LogP contribution in [-0.2, 0) is 14.3 Å². The zero-order valence-corrected chi connectivity index (χ0v) is 14.2. The number of halogens is 1. The molecule has 1 N–H and O–H groups in total. The third kappa shape index (κ3) is 4.87. The Morgan fingerprint density at radius 3 is 2.46 bits per heavy atom. The van der Waals surface area contributed by atoms with Crippen molar-refractivity contribution in [1.82, 2.24) is 15.3 Å². The molecule has 0 saturated carbocycles. The number of rotatable bonds is 5. The first-order valence-corrected chi connectivity index (χ1v) is 7.98. The van der Waals surface area contributed by atoms with Gasteiger partial charge in [-0.1, -0.05) is 0 Å². The molecule has 8 heteroatoms. The van der Waals surface area contributed by atoms with Crippen molar-refractivity contribution in [2.75, 3.05) is 24.5 Å². The van der Waals surface area contributed by atoms with Crippen molar-refractivity contribution < 1.29 is 18.7 Å². The zero-order chi connectivity index (χ0) is 17.7. The minimum atomic E-state index is -1.17. The maximum atomic E-state index is 12.9. The number of hydrogen-bond acceptors (Lipinski definition) is 6. The highest BCUT2D eigenvalue weighted by molar-refractivity contribution is 5.86. The van der Waals surface area contributed by atoms with Gasteiger partial charge in [0.05, 0.1) is 12.4 Å². The van der Waals surface area contributed by atoms with E-state index in [-0.39, 0.29) is 5.91 Å². The van der Waals surface area contributed by atoms with Gasteiger partial charge < -0.3 is 15.0 Å². The van der Waals surface area contributed by atoms with E-state index in [1.54, 1.807) is 13.8 Å². The molecule has 1 saturated heterocycles. The fraction of sp³-hybridized carbons (Fsp3) is 0.625. The molecule has 2 rings (SSSR count). The number of piperidine rings is 1. The molecule has 0 atom stereocenters. The van der Waals surface area contributed by atoms with E-state index in [1.165, 1.54) is 6.92 Å². The highest BCUT2D eigenvalue weighted by atomic mass is 19.1. The second kappa shape index (κ2) is 7.55. The number of anilines is 1. The number of nitrogens with zero attached hydrogens (tertiary/aromatic N) is 3. The molecule has 0 radical (unpaired) electrons. The molecule has 1 aliphatic rings. The summed E-state index contributed by atoms with van der Waals surface area (Å²) in [4.78, 5) is 33.1. The maximum absolute atomic E-state index is 12.9. The van der Waals surface area contributed by atoms with Gasteiger partial charge in [0.1, 0.15) is 0 Å². The molecule has 132 valence electrons.